The third-order valence-electron chi connectivity index (χ3n) is 3.11. The van der Waals surface area contributed by atoms with E-state index in [2.05, 4.69) is 15.6 Å². The second-order valence-electron chi connectivity index (χ2n) is 4.66. The molecule has 0 atom stereocenters. The van der Waals surface area contributed by atoms with Gasteiger partial charge in [-0.2, -0.15) is 11.3 Å². The van der Waals surface area contributed by atoms with Crippen LogP contribution in [0.5, 0.6) is 0 Å². The minimum atomic E-state index is -0.295. The topological polar surface area (TPSA) is 71.1 Å². The molecule has 0 aliphatic carbocycles. The van der Waals surface area contributed by atoms with Gasteiger partial charge in [0.2, 0.25) is 0 Å². The fraction of sp³-hybridized carbons (Fsp3) is 0.0625. The number of nitrogens with one attached hydrogen (secondary N) is 2. The van der Waals surface area contributed by atoms with Crippen LogP contribution in [-0.2, 0) is 0 Å². The van der Waals surface area contributed by atoms with Crippen LogP contribution in [-0.4, -0.2) is 23.8 Å². The maximum atomic E-state index is 12.3. The van der Waals surface area contributed by atoms with Crippen LogP contribution < -0.4 is 10.6 Å². The smallest absolute Gasteiger partial charge is 0.275 e. The monoisotopic (exact) mass is 343 g/mol. The number of thiazole rings is 1. The van der Waals surface area contributed by atoms with Gasteiger partial charge in [0.1, 0.15) is 10.7 Å². The van der Waals surface area contributed by atoms with E-state index in [0.29, 0.717) is 16.9 Å². The molecule has 0 bridgehead atoms. The van der Waals surface area contributed by atoms with Crippen molar-refractivity contribution in [3.63, 3.8) is 0 Å². The average molecular weight is 343 g/mol. The van der Waals surface area contributed by atoms with Gasteiger partial charge < -0.3 is 10.6 Å². The highest BCUT2D eigenvalue weighted by Gasteiger charge is 2.13. The molecular weight excluding hydrogens is 330 g/mol. The number of amides is 2. The van der Waals surface area contributed by atoms with Gasteiger partial charge in [-0.15, -0.1) is 11.3 Å². The van der Waals surface area contributed by atoms with Crippen LogP contribution in [0, 0.1) is 0 Å². The van der Waals surface area contributed by atoms with E-state index in [4.69, 9.17) is 0 Å². The lowest BCUT2D eigenvalue weighted by Crippen LogP contribution is -2.18. The van der Waals surface area contributed by atoms with Gasteiger partial charge in [-0.25, -0.2) is 4.98 Å². The quantitative estimate of drug-likeness (QED) is 0.762. The lowest BCUT2D eigenvalue weighted by molar-refractivity contribution is 0.0961. The zero-order valence-electron chi connectivity index (χ0n) is 12.2. The molecule has 116 valence electrons. The third kappa shape index (κ3) is 3.46. The standard InChI is InChI=1S/C16H13N3O2S2/c1-17-14(20)10-3-2-4-12(7-10)18-15(21)13-9-23-16(19-13)11-5-6-22-8-11/h2-9H,1H3,(H,17,20)(H,18,21). The fourth-order valence-electron chi connectivity index (χ4n) is 1.97. The Bertz CT molecular complexity index is 841. The highest BCUT2D eigenvalue weighted by molar-refractivity contribution is 7.14. The van der Waals surface area contributed by atoms with Crippen molar-refractivity contribution in [2.75, 3.05) is 12.4 Å². The van der Waals surface area contributed by atoms with Crippen molar-refractivity contribution < 1.29 is 9.59 Å². The van der Waals surface area contributed by atoms with Crippen molar-refractivity contribution in [3.8, 4) is 10.6 Å². The molecule has 0 saturated heterocycles. The molecule has 7 heteroatoms. The molecule has 2 amide bonds. The Balaban J connectivity index is 1.76. The molecule has 0 spiro atoms. The lowest BCUT2D eigenvalue weighted by Gasteiger charge is -2.05. The van der Waals surface area contributed by atoms with Crippen molar-refractivity contribution >= 4 is 40.2 Å². The summed E-state index contributed by atoms with van der Waals surface area (Å²) in [6.07, 6.45) is 0. The van der Waals surface area contributed by atoms with E-state index in [1.54, 1.807) is 48.0 Å². The zero-order valence-corrected chi connectivity index (χ0v) is 13.8. The molecule has 0 radical (unpaired) electrons. The number of carbonyl (C=O) groups is 2. The minimum absolute atomic E-state index is 0.200. The summed E-state index contributed by atoms with van der Waals surface area (Å²) in [4.78, 5) is 28.3. The summed E-state index contributed by atoms with van der Waals surface area (Å²) < 4.78 is 0. The molecule has 0 aliphatic heterocycles. The second kappa shape index (κ2) is 6.72. The zero-order chi connectivity index (χ0) is 16.2. The predicted octanol–water partition coefficient (Wildman–Crippen LogP) is 3.48. The molecule has 3 aromatic rings. The van der Waals surface area contributed by atoms with Crippen LogP contribution in [0.4, 0.5) is 5.69 Å². The van der Waals surface area contributed by atoms with E-state index in [-0.39, 0.29) is 11.8 Å². The molecule has 0 aliphatic rings. The molecule has 23 heavy (non-hydrogen) atoms. The molecule has 2 heterocycles. The van der Waals surface area contributed by atoms with Gasteiger partial charge in [-0.1, -0.05) is 6.07 Å². The van der Waals surface area contributed by atoms with E-state index in [0.717, 1.165) is 10.6 Å². The first kappa shape index (κ1) is 15.4. The van der Waals surface area contributed by atoms with E-state index < -0.39 is 0 Å². The number of hydrogen-bond acceptors (Lipinski definition) is 5. The van der Waals surface area contributed by atoms with Gasteiger partial charge in [0.15, 0.2) is 0 Å². The largest absolute Gasteiger partial charge is 0.355 e. The van der Waals surface area contributed by atoms with Crippen LogP contribution in [0.2, 0.25) is 0 Å². The number of hydrogen-bond donors (Lipinski definition) is 2. The van der Waals surface area contributed by atoms with Crippen molar-refractivity contribution in [2.24, 2.45) is 0 Å². The number of carbonyl (C=O) groups excluding carboxylic acids is 2. The normalized spacial score (nSPS) is 10.3. The number of aromatic nitrogens is 1. The van der Waals surface area contributed by atoms with Crippen molar-refractivity contribution in [1.29, 1.82) is 0 Å². The highest BCUT2D eigenvalue weighted by atomic mass is 32.1. The van der Waals surface area contributed by atoms with Gasteiger partial charge in [-0.05, 0) is 29.6 Å². The van der Waals surface area contributed by atoms with E-state index >= 15 is 0 Å². The first-order valence-electron chi connectivity index (χ1n) is 6.79. The lowest BCUT2D eigenvalue weighted by atomic mass is 10.2. The maximum Gasteiger partial charge on any atom is 0.275 e. The van der Waals surface area contributed by atoms with E-state index in [9.17, 15) is 9.59 Å². The molecule has 2 N–H and O–H groups in total. The number of thiophene rings is 1. The Morgan fingerprint density at radius 2 is 2.00 bits per heavy atom. The van der Waals surface area contributed by atoms with Crippen molar-refractivity contribution in [3.05, 3.63) is 57.7 Å². The van der Waals surface area contributed by atoms with Gasteiger partial charge >= 0.3 is 0 Å². The van der Waals surface area contributed by atoms with Gasteiger partial charge in [0.25, 0.3) is 11.8 Å². The van der Waals surface area contributed by atoms with Crippen LogP contribution >= 0.6 is 22.7 Å². The van der Waals surface area contributed by atoms with Gasteiger partial charge in [0.05, 0.1) is 0 Å². The molecule has 5 nitrogen and oxygen atoms in total. The van der Waals surface area contributed by atoms with E-state index in [1.807, 2.05) is 16.8 Å². The summed E-state index contributed by atoms with van der Waals surface area (Å²) in [5.74, 6) is -0.494. The molecular formula is C16H13N3O2S2. The fourth-order valence-corrected chi connectivity index (χ4v) is 3.49. The van der Waals surface area contributed by atoms with Gasteiger partial charge in [0, 0.05) is 34.6 Å². The van der Waals surface area contributed by atoms with Crippen LogP contribution in [0.3, 0.4) is 0 Å². The summed E-state index contributed by atoms with van der Waals surface area (Å²) in [6.45, 7) is 0. The summed E-state index contributed by atoms with van der Waals surface area (Å²) in [5.41, 5.74) is 2.42. The van der Waals surface area contributed by atoms with Crippen LogP contribution in [0.25, 0.3) is 10.6 Å². The summed E-state index contributed by atoms with van der Waals surface area (Å²) in [5, 5.41) is 11.8. The average Bonchev–Trinajstić information content (AvgIpc) is 3.25. The Labute approximate surface area is 141 Å². The number of benzene rings is 1. The molecule has 1 aromatic carbocycles. The number of rotatable bonds is 4. The third-order valence-corrected chi connectivity index (χ3v) is 4.69. The Morgan fingerprint density at radius 3 is 2.74 bits per heavy atom. The molecule has 0 fully saturated rings. The van der Waals surface area contributed by atoms with Gasteiger partial charge in [-0.3, -0.25) is 9.59 Å². The van der Waals surface area contributed by atoms with Crippen molar-refractivity contribution in [1.82, 2.24) is 10.3 Å². The van der Waals surface area contributed by atoms with E-state index in [1.165, 1.54) is 11.3 Å². The summed E-state index contributed by atoms with van der Waals surface area (Å²) in [6, 6.07) is 8.74. The SMILES string of the molecule is CNC(=O)c1cccc(NC(=O)c2csc(-c3ccsc3)n2)c1. The predicted molar refractivity (Wildman–Crippen MR) is 93.2 cm³/mol. The minimum Gasteiger partial charge on any atom is -0.355 e. The van der Waals surface area contributed by atoms with Crippen LogP contribution in [0.1, 0.15) is 20.8 Å². The van der Waals surface area contributed by atoms with Crippen molar-refractivity contribution in [2.45, 2.75) is 0 Å². The first-order valence-corrected chi connectivity index (χ1v) is 8.61. The molecule has 0 unspecified atom stereocenters. The molecule has 0 saturated carbocycles. The summed E-state index contributed by atoms with van der Waals surface area (Å²) in [7, 11) is 1.56. The maximum absolute atomic E-state index is 12.3. The van der Waals surface area contributed by atoms with Crippen LogP contribution in [0.15, 0.2) is 46.5 Å². The Kier molecular flexibility index (Phi) is 4.50. The first-order chi connectivity index (χ1) is 11.2. The molecule has 3 rings (SSSR count). The second-order valence-corrected chi connectivity index (χ2v) is 6.30. The number of anilines is 1. The Morgan fingerprint density at radius 1 is 1.13 bits per heavy atom. The summed E-state index contributed by atoms with van der Waals surface area (Å²) >= 11 is 3.02. The highest BCUT2D eigenvalue weighted by Crippen LogP contribution is 2.26. The molecule has 2 aromatic heterocycles. The Hall–Kier alpha value is -2.51. The number of nitrogens with zero attached hydrogens (tertiary/aromatic N) is 1.